The van der Waals surface area contributed by atoms with Gasteiger partial charge in [0, 0.05) is 13.1 Å². The number of aliphatic hydroxyl groups excluding tert-OH is 1. The second-order valence-electron chi connectivity index (χ2n) is 4.49. The van der Waals surface area contributed by atoms with E-state index in [2.05, 4.69) is 0 Å². The number of amides is 1. The zero-order valence-corrected chi connectivity index (χ0v) is 11.2. The van der Waals surface area contributed by atoms with Crippen molar-refractivity contribution in [3.8, 4) is 0 Å². The van der Waals surface area contributed by atoms with Crippen molar-refractivity contribution in [2.24, 2.45) is 5.73 Å². The van der Waals surface area contributed by atoms with Crippen molar-refractivity contribution in [1.82, 2.24) is 4.90 Å². The first-order valence-electron chi connectivity index (χ1n) is 5.62. The van der Waals surface area contributed by atoms with E-state index in [0.29, 0.717) is 29.6 Å². The highest BCUT2D eigenvalue weighted by molar-refractivity contribution is 6.42. The van der Waals surface area contributed by atoms with Gasteiger partial charge in [0.25, 0.3) is 0 Å². The number of hydrogen-bond acceptors (Lipinski definition) is 3. The van der Waals surface area contributed by atoms with E-state index in [1.165, 1.54) is 0 Å². The van der Waals surface area contributed by atoms with E-state index in [0.717, 1.165) is 5.56 Å². The lowest BCUT2D eigenvalue weighted by molar-refractivity contribution is -0.122. The molecule has 0 aliphatic carbocycles. The SMILES string of the molecule is NC(=O)[C@@H]1C[C@@H](O)CN1Cc1ccc(Cl)c(Cl)c1. The lowest BCUT2D eigenvalue weighted by atomic mass is 10.1. The van der Waals surface area contributed by atoms with Gasteiger partial charge in [-0.1, -0.05) is 29.3 Å². The van der Waals surface area contributed by atoms with Crippen LogP contribution >= 0.6 is 23.2 Å². The Morgan fingerprint density at radius 3 is 2.78 bits per heavy atom. The summed E-state index contributed by atoms with van der Waals surface area (Å²) in [4.78, 5) is 13.1. The minimum Gasteiger partial charge on any atom is -0.392 e. The average Bonchev–Trinajstić information content (AvgIpc) is 2.65. The molecule has 1 aromatic carbocycles. The molecule has 0 unspecified atom stereocenters. The van der Waals surface area contributed by atoms with Crippen molar-refractivity contribution in [2.45, 2.75) is 25.1 Å². The number of β-amino-alcohol motifs (C(OH)–C–C–N with tert-alkyl or cyclic N) is 1. The first kappa shape index (κ1) is 13.6. The summed E-state index contributed by atoms with van der Waals surface area (Å²) < 4.78 is 0. The second-order valence-corrected chi connectivity index (χ2v) is 5.30. The molecule has 1 amide bonds. The number of nitrogens with zero attached hydrogens (tertiary/aromatic N) is 1. The molecule has 4 nitrogen and oxygen atoms in total. The molecule has 0 radical (unpaired) electrons. The Balaban J connectivity index is 2.12. The third-order valence-corrected chi connectivity index (χ3v) is 3.82. The van der Waals surface area contributed by atoms with Gasteiger partial charge in [0.2, 0.25) is 5.91 Å². The summed E-state index contributed by atoms with van der Waals surface area (Å²) in [5.41, 5.74) is 6.25. The van der Waals surface area contributed by atoms with Gasteiger partial charge in [0.1, 0.15) is 0 Å². The quantitative estimate of drug-likeness (QED) is 0.884. The number of aliphatic hydroxyl groups is 1. The Hall–Kier alpha value is -0.810. The second kappa shape index (κ2) is 5.45. The Morgan fingerprint density at radius 1 is 1.44 bits per heavy atom. The van der Waals surface area contributed by atoms with Gasteiger partial charge in [-0.15, -0.1) is 0 Å². The largest absolute Gasteiger partial charge is 0.392 e. The van der Waals surface area contributed by atoms with Crippen molar-refractivity contribution in [3.63, 3.8) is 0 Å². The molecular weight excluding hydrogens is 275 g/mol. The molecule has 0 bridgehead atoms. The average molecular weight is 289 g/mol. The molecule has 2 rings (SSSR count). The summed E-state index contributed by atoms with van der Waals surface area (Å²) in [5, 5.41) is 10.6. The molecule has 1 aliphatic heterocycles. The first-order valence-corrected chi connectivity index (χ1v) is 6.38. The number of likely N-dealkylation sites (tertiary alicyclic amines) is 1. The van der Waals surface area contributed by atoms with Gasteiger partial charge in [-0.05, 0) is 24.1 Å². The fraction of sp³-hybridized carbons (Fsp3) is 0.417. The summed E-state index contributed by atoms with van der Waals surface area (Å²) in [7, 11) is 0. The van der Waals surface area contributed by atoms with Crippen LogP contribution in [-0.2, 0) is 11.3 Å². The molecule has 0 saturated carbocycles. The van der Waals surface area contributed by atoms with Gasteiger partial charge >= 0.3 is 0 Å². The Bertz CT molecular complexity index is 467. The molecule has 98 valence electrons. The summed E-state index contributed by atoms with van der Waals surface area (Å²) in [6, 6.07) is 4.89. The lowest BCUT2D eigenvalue weighted by Gasteiger charge is -2.21. The molecule has 2 atom stereocenters. The Labute approximate surface area is 115 Å². The number of carbonyl (C=O) groups excluding carboxylic acids is 1. The fourth-order valence-corrected chi connectivity index (χ4v) is 2.54. The number of hydrogen-bond donors (Lipinski definition) is 2. The molecule has 1 heterocycles. The van der Waals surface area contributed by atoms with Crippen LogP contribution in [0.15, 0.2) is 18.2 Å². The van der Waals surface area contributed by atoms with Crippen molar-refractivity contribution in [1.29, 1.82) is 0 Å². The number of benzene rings is 1. The molecule has 0 spiro atoms. The third-order valence-electron chi connectivity index (χ3n) is 3.08. The minimum absolute atomic E-state index is 0.386. The van der Waals surface area contributed by atoms with Gasteiger partial charge in [-0.3, -0.25) is 9.69 Å². The van der Waals surface area contributed by atoms with Crippen LogP contribution in [0.2, 0.25) is 10.0 Å². The predicted octanol–water partition coefficient (Wildman–Crippen LogP) is 1.41. The van der Waals surface area contributed by atoms with E-state index >= 15 is 0 Å². The lowest BCUT2D eigenvalue weighted by Crippen LogP contribution is -2.39. The van der Waals surface area contributed by atoms with Crippen molar-refractivity contribution in [2.75, 3.05) is 6.54 Å². The van der Waals surface area contributed by atoms with Crippen molar-refractivity contribution in [3.05, 3.63) is 33.8 Å². The summed E-state index contributed by atoms with van der Waals surface area (Å²) in [6.07, 6.45) is -0.123. The van der Waals surface area contributed by atoms with Crippen LogP contribution in [0.5, 0.6) is 0 Å². The zero-order chi connectivity index (χ0) is 13.3. The van der Waals surface area contributed by atoms with Crippen LogP contribution in [0.25, 0.3) is 0 Å². The number of nitrogens with two attached hydrogens (primary N) is 1. The van der Waals surface area contributed by atoms with Gasteiger partial charge in [-0.25, -0.2) is 0 Å². The maximum atomic E-state index is 11.3. The molecular formula is C12H14Cl2N2O2. The zero-order valence-electron chi connectivity index (χ0n) is 9.64. The highest BCUT2D eigenvalue weighted by Crippen LogP contribution is 2.25. The molecule has 1 aromatic rings. The van der Waals surface area contributed by atoms with E-state index < -0.39 is 18.1 Å². The van der Waals surface area contributed by atoms with Crippen molar-refractivity contribution < 1.29 is 9.90 Å². The van der Waals surface area contributed by atoms with Crippen LogP contribution in [0.3, 0.4) is 0 Å². The predicted molar refractivity (Wildman–Crippen MR) is 70.5 cm³/mol. The fourth-order valence-electron chi connectivity index (χ4n) is 2.22. The normalized spacial score (nSPS) is 24.4. The smallest absolute Gasteiger partial charge is 0.234 e. The summed E-state index contributed by atoms with van der Waals surface area (Å²) >= 11 is 11.8. The first-order chi connectivity index (χ1) is 8.47. The monoisotopic (exact) mass is 288 g/mol. The highest BCUT2D eigenvalue weighted by atomic mass is 35.5. The standard InChI is InChI=1S/C12H14Cl2N2O2/c13-9-2-1-7(3-10(9)14)5-16-6-8(17)4-11(16)12(15)18/h1-3,8,11,17H,4-6H2,(H2,15,18)/t8-,11+/m1/s1. The molecule has 6 heteroatoms. The number of primary amides is 1. The topological polar surface area (TPSA) is 66.6 Å². The molecule has 3 N–H and O–H groups in total. The number of carbonyl (C=O) groups is 1. The minimum atomic E-state index is -0.509. The van der Waals surface area contributed by atoms with Gasteiger partial charge in [-0.2, -0.15) is 0 Å². The van der Waals surface area contributed by atoms with Gasteiger partial charge < -0.3 is 10.8 Å². The van der Waals surface area contributed by atoms with E-state index in [9.17, 15) is 9.90 Å². The van der Waals surface area contributed by atoms with Crippen LogP contribution in [0.1, 0.15) is 12.0 Å². The van der Waals surface area contributed by atoms with E-state index in [-0.39, 0.29) is 0 Å². The summed E-state index contributed by atoms with van der Waals surface area (Å²) in [6.45, 7) is 0.954. The van der Waals surface area contributed by atoms with Gasteiger partial charge in [0.15, 0.2) is 0 Å². The van der Waals surface area contributed by atoms with E-state index in [1.54, 1.807) is 12.1 Å². The van der Waals surface area contributed by atoms with Crippen molar-refractivity contribution >= 4 is 29.1 Å². The molecule has 1 saturated heterocycles. The summed E-state index contributed by atoms with van der Waals surface area (Å²) in [5.74, 6) is -0.411. The molecule has 18 heavy (non-hydrogen) atoms. The maximum Gasteiger partial charge on any atom is 0.234 e. The van der Waals surface area contributed by atoms with Crippen LogP contribution in [0, 0.1) is 0 Å². The Kier molecular flexibility index (Phi) is 4.12. The number of halogens is 2. The maximum absolute atomic E-state index is 11.3. The van der Waals surface area contributed by atoms with Gasteiger partial charge in [0.05, 0.1) is 22.2 Å². The molecule has 1 aliphatic rings. The molecule has 0 aromatic heterocycles. The van der Waals surface area contributed by atoms with Crippen LogP contribution in [-0.4, -0.2) is 34.6 Å². The van der Waals surface area contributed by atoms with Crippen LogP contribution in [0.4, 0.5) is 0 Å². The van der Waals surface area contributed by atoms with E-state index in [4.69, 9.17) is 28.9 Å². The Morgan fingerprint density at radius 2 is 2.17 bits per heavy atom. The highest BCUT2D eigenvalue weighted by Gasteiger charge is 2.34. The third kappa shape index (κ3) is 2.95. The van der Waals surface area contributed by atoms with E-state index in [1.807, 2.05) is 11.0 Å². The van der Waals surface area contributed by atoms with Crippen LogP contribution < -0.4 is 5.73 Å². The molecule has 1 fully saturated rings. The number of rotatable bonds is 3.